The lowest BCUT2D eigenvalue weighted by molar-refractivity contribution is -0.140. The van der Waals surface area contributed by atoms with Gasteiger partial charge in [-0.25, -0.2) is 4.79 Å². The summed E-state index contributed by atoms with van der Waals surface area (Å²) in [5, 5.41) is 13.6. The highest BCUT2D eigenvalue weighted by molar-refractivity contribution is 8.00. The molecule has 2 fully saturated rings. The van der Waals surface area contributed by atoms with Crippen LogP contribution in [0.3, 0.4) is 0 Å². The first-order valence-corrected chi connectivity index (χ1v) is 12.5. The number of nitrogens with zero attached hydrogens (tertiary/aromatic N) is 1. The van der Waals surface area contributed by atoms with Crippen molar-refractivity contribution in [1.29, 1.82) is 5.41 Å². The van der Waals surface area contributed by atoms with Crippen molar-refractivity contribution in [3.05, 3.63) is 0 Å². The molecule has 0 bridgehead atoms. The Morgan fingerprint density at radius 3 is 2.47 bits per heavy atom. The third-order valence-corrected chi connectivity index (χ3v) is 7.79. The first kappa shape index (κ1) is 26.3. The van der Waals surface area contributed by atoms with Crippen LogP contribution in [0.15, 0.2) is 0 Å². The maximum Gasteiger partial charge on any atom is 0.407 e. The van der Waals surface area contributed by atoms with E-state index in [1.54, 1.807) is 11.8 Å². The number of nitrogens with one attached hydrogen (secondary N) is 3. The fourth-order valence-electron chi connectivity index (χ4n) is 4.64. The topological polar surface area (TPSA) is 138 Å². The Hall–Kier alpha value is -1.97. The smallest absolute Gasteiger partial charge is 0.407 e. The Morgan fingerprint density at radius 2 is 1.91 bits per heavy atom. The van der Waals surface area contributed by atoms with E-state index in [1.165, 1.54) is 31.3 Å². The second kappa shape index (κ2) is 11.8. The Kier molecular flexibility index (Phi) is 9.66. The number of amidine groups is 1. The highest BCUT2D eigenvalue weighted by Gasteiger charge is 2.47. The number of amides is 3. The molecule has 1 saturated carbocycles. The van der Waals surface area contributed by atoms with Crippen LogP contribution in [0, 0.1) is 17.2 Å². The van der Waals surface area contributed by atoms with E-state index in [4.69, 9.17) is 15.9 Å². The number of likely N-dealkylation sites (tertiary alicyclic amines) is 1. The predicted octanol–water partition coefficient (Wildman–Crippen LogP) is 2.09. The number of ether oxygens (including phenoxy) is 1. The highest BCUT2D eigenvalue weighted by Crippen LogP contribution is 2.32. The van der Waals surface area contributed by atoms with Gasteiger partial charge in [0.1, 0.15) is 12.1 Å². The van der Waals surface area contributed by atoms with Crippen LogP contribution in [0.25, 0.3) is 0 Å². The van der Waals surface area contributed by atoms with E-state index in [9.17, 15) is 14.4 Å². The summed E-state index contributed by atoms with van der Waals surface area (Å²) >= 11 is 1.54. The molecular formula is C22H39N5O4S. The molecule has 9 nitrogen and oxygen atoms in total. The Morgan fingerprint density at radius 1 is 1.25 bits per heavy atom. The summed E-state index contributed by atoms with van der Waals surface area (Å²) in [6.45, 7) is 6.53. The van der Waals surface area contributed by atoms with E-state index < -0.39 is 22.9 Å². The van der Waals surface area contributed by atoms with Crippen molar-refractivity contribution in [1.82, 2.24) is 15.5 Å². The van der Waals surface area contributed by atoms with Crippen molar-refractivity contribution >= 4 is 35.5 Å². The summed E-state index contributed by atoms with van der Waals surface area (Å²) < 4.78 is 4.12. The summed E-state index contributed by atoms with van der Waals surface area (Å²) in [5.74, 6) is 0.222. The van der Waals surface area contributed by atoms with Crippen LogP contribution >= 0.6 is 11.8 Å². The van der Waals surface area contributed by atoms with Crippen LogP contribution in [0.1, 0.15) is 59.3 Å². The van der Waals surface area contributed by atoms with Gasteiger partial charge in [-0.15, -0.1) is 0 Å². The molecule has 3 atom stereocenters. The molecule has 1 saturated heterocycles. The number of carbonyl (C=O) groups excluding carboxylic acids is 3. The lowest BCUT2D eigenvalue weighted by Crippen LogP contribution is -2.60. The second-order valence-corrected chi connectivity index (χ2v) is 11.2. The molecule has 2 aliphatic rings. The molecule has 3 amide bonds. The van der Waals surface area contributed by atoms with Crippen LogP contribution in [0.5, 0.6) is 0 Å². The maximum atomic E-state index is 13.7. The fraction of sp³-hybridized carbons (Fsp3) is 0.818. The minimum absolute atomic E-state index is 0.0370. The first-order valence-electron chi connectivity index (χ1n) is 11.5. The zero-order valence-electron chi connectivity index (χ0n) is 19.7. The average Bonchev–Trinajstić information content (AvgIpc) is 3.21. The molecule has 1 heterocycles. The number of hydrogen-bond acceptors (Lipinski definition) is 6. The van der Waals surface area contributed by atoms with E-state index in [2.05, 4.69) is 10.6 Å². The van der Waals surface area contributed by atoms with E-state index >= 15 is 0 Å². The number of methoxy groups -OCH3 is 1. The second-order valence-electron chi connectivity index (χ2n) is 9.25. The predicted molar refractivity (Wildman–Crippen MR) is 127 cm³/mol. The number of alkyl carbamates (subject to hydrolysis) is 1. The number of thioether (sulfide) groups is 1. The first-order chi connectivity index (χ1) is 15.1. The molecule has 1 aliphatic heterocycles. The van der Waals surface area contributed by atoms with Gasteiger partial charge >= 0.3 is 6.09 Å². The molecule has 0 aromatic carbocycles. The maximum absolute atomic E-state index is 13.7. The van der Waals surface area contributed by atoms with Gasteiger partial charge in [0.05, 0.1) is 12.9 Å². The van der Waals surface area contributed by atoms with Gasteiger partial charge in [0, 0.05) is 23.8 Å². The van der Waals surface area contributed by atoms with Crippen molar-refractivity contribution in [2.75, 3.05) is 26.0 Å². The van der Waals surface area contributed by atoms with E-state index in [-0.39, 0.29) is 30.1 Å². The summed E-state index contributed by atoms with van der Waals surface area (Å²) in [5.41, 5.74) is 5.74. The van der Waals surface area contributed by atoms with Crippen molar-refractivity contribution in [3.8, 4) is 0 Å². The third-order valence-electron chi connectivity index (χ3n) is 6.52. The molecule has 10 heteroatoms. The SMILES string of the molecule is CCSC(C)(C)[C@@H](NC(=O)OC)C(=O)N1C[C@H](C(=N)N)C[C@H]1C(=O)NCC1CCCCC1. The van der Waals surface area contributed by atoms with Gasteiger partial charge in [0.15, 0.2) is 0 Å². The average molecular weight is 470 g/mol. The largest absolute Gasteiger partial charge is 0.453 e. The van der Waals surface area contributed by atoms with Crippen LogP contribution < -0.4 is 16.4 Å². The zero-order valence-corrected chi connectivity index (χ0v) is 20.6. The quantitative estimate of drug-likeness (QED) is 0.301. The summed E-state index contributed by atoms with van der Waals surface area (Å²) in [4.78, 5) is 40.3. The molecule has 5 N–H and O–H groups in total. The number of nitrogens with two attached hydrogens (primary N) is 1. The van der Waals surface area contributed by atoms with Crippen LogP contribution in [-0.2, 0) is 14.3 Å². The standard InChI is InChI=1S/C22H39N5O4S/c1-5-32-22(2,3)17(26-21(30)31-4)20(29)27-13-15(18(23)24)11-16(27)19(28)25-12-14-9-7-6-8-10-14/h14-17H,5-13H2,1-4H3,(H3,23,24)(H,25,28)(H,26,30)/t15-,16+,17+/m1/s1. The van der Waals surface area contributed by atoms with Crippen molar-refractivity contribution in [2.24, 2.45) is 17.6 Å². The molecule has 32 heavy (non-hydrogen) atoms. The molecule has 0 aromatic heterocycles. The molecule has 0 unspecified atom stereocenters. The number of hydrogen-bond donors (Lipinski definition) is 4. The minimum Gasteiger partial charge on any atom is -0.453 e. The lowest BCUT2D eigenvalue weighted by Gasteiger charge is -2.36. The molecular weight excluding hydrogens is 430 g/mol. The summed E-state index contributed by atoms with van der Waals surface area (Å²) in [7, 11) is 1.25. The van der Waals surface area contributed by atoms with Gasteiger partial charge in [-0.2, -0.15) is 11.8 Å². The molecule has 0 radical (unpaired) electrons. The molecule has 2 rings (SSSR count). The Bertz CT molecular complexity index is 696. The Labute approximate surface area is 195 Å². The van der Waals surface area contributed by atoms with Crippen LogP contribution in [-0.4, -0.2) is 71.4 Å². The van der Waals surface area contributed by atoms with E-state index in [0.29, 0.717) is 18.9 Å². The number of rotatable bonds is 9. The zero-order chi connectivity index (χ0) is 23.9. The summed E-state index contributed by atoms with van der Waals surface area (Å²) in [6.07, 6.45) is 5.44. The van der Waals surface area contributed by atoms with Gasteiger partial charge in [0.2, 0.25) is 11.8 Å². The van der Waals surface area contributed by atoms with E-state index in [0.717, 1.165) is 18.6 Å². The van der Waals surface area contributed by atoms with Gasteiger partial charge in [0.25, 0.3) is 0 Å². The van der Waals surface area contributed by atoms with Crippen LogP contribution in [0.2, 0.25) is 0 Å². The van der Waals surface area contributed by atoms with Gasteiger partial charge < -0.3 is 26.0 Å². The molecule has 182 valence electrons. The molecule has 0 spiro atoms. The van der Waals surface area contributed by atoms with Crippen molar-refractivity contribution in [3.63, 3.8) is 0 Å². The minimum atomic E-state index is -0.890. The fourth-order valence-corrected chi connectivity index (χ4v) is 5.71. The van der Waals surface area contributed by atoms with Gasteiger partial charge in [-0.05, 0) is 44.8 Å². The van der Waals surface area contributed by atoms with Crippen molar-refractivity contribution in [2.45, 2.75) is 76.1 Å². The van der Waals surface area contributed by atoms with Gasteiger partial charge in [-0.1, -0.05) is 26.2 Å². The van der Waals surface area contributed by atoms with Gasteiger partial charge in [-0.3, -0.25) is 15.0 Å². The Balaban J connectivity index is 2.20. The van der Waals surface area contributed by atoms with Crippen LogP contribution in [0.4, 0.5) is 4.79 Å². The van der Waals surface area contributed by atoms with Crippen molar-refractivity contribution < 1.29 is 19.1 Å². The normalized spacial score (nSPS) is 22.8. The molecule has 1 aliphatic carbocycles. The lowest BCUT2D eigenvalue weighted by atomic mass is 9.89. The number of carbonyl (C=O) groups is 3. The molecule has 0 aromatic rings. The van der Waals surface area contributed by atoms with E-state index in [1.807, 2.05) is 20.8 Å². The monoisotopic (exact) mass is 469 g/mol. The highest BCUT2D eigenvalue weighted by atomic mass is 32.2. The third kappa shape index (κ3) is 6.76. The summed E-state index contributed by atoms with van der Waals surface area (Å²) in [6, 6.07) is -1.61.